The average Bonchev–Trinajstić information content (AvgIpc) is 3.66. The van der Waals surface area contributed by atoms with E-state index in [9.17, 15) is 4.79 Å². The number of carbonyl (C=O) groups is 1. The Hall–Kier alpha value is -4.15. The van der Waals surface area contributed by atoms with Crippen LogP contribution in [0.2, 0.25) is 5.02 Å². The third-order valence-electron chi connectivity index (χ3n) is 7.25. The highest BCUT2D eigenvalue weighted by Gasteiger charge is 2.32. The number of aromatic amines is 1. The van der Waals surface area contributed by atoms with E-state index in [1.54, 1.807) is 11.3 Å². The normalized spacial score (nSPS) is 13.5. The molecule has 8 nitrogen and oxygen atoms in total. The Morgan fingerprint density at radius 3 is 2.53 bits per heavy atom. The van der Waals surface area contributed by atoms with E-state index >= 15 is 0 Å². The number of H-pyrrole nitrogens is 1. The van der Waals surface area contributed by atoms with E-state index in [0.717, 1.165) is 76.8 Å². The maximum atomic E-state index is 13.1. The molecule has 0 radical (unpaired) electrons. The van der Waals surface area contributed by atoms with E-state index in [4.69, 9.17) is 22.3 Å². The first-order valence-corrected chi connectivity index (χ1v) is 15.5. The molecule has 0 unspecified atom stereocenters. The van der Waals surface area contributed by atoms with E-state index in [2.05, 4.69) is 58.0 Å². The van der Waals surface area contributed by atoms with Crippen LogP contribution in [0.1, 0.15) is 82.8 Å². The van der Waals surface area contributed by atoms with Crippen LogP contribution in [-0.4, -0.2) is 44.5 Å². The first kappa shape index (κ1) is 30.3. The van der Waals surface area contributed by atoms with Crippen LogP contribution in [0.15, 0.2) is 41.4 Å². The molecule has 0 aliphatic carbocycles. The van der Waals surface area contributed by atoms with E-state index in [1.807, 2.05) is 47.9 Å². The van der Waals surface area contributed by atoms with Crippen LogP contribution in [-0.2, 0) is 4.79 Å². The van der Waals surface area contributed by atoms with Gasteiger partial charge >= 0.3 is 0 Å². The van der Waals surface area contributed by atoms with Crippen LogP contribution >= 0.6 is 22.9 Å². The van der Waals surface area contributed by atoms with Gasteiger partial charge in [-0.05, 0) is 81.8 Å². The number of fused-ring (bicyclic) bond motifs is 3. The molecular weight excluding hydrogens is 578 g/mol. The fourth-order valence-electron chi connectivity index (χ4n) is 4.90. The summed E-state index contributed by atoms with van der Waals surface area (Å²) in [6.07, 6.45) is 4.15. The molecule has 0 saturated heterocycles. The number of nitrogens with zero attached hydrogens (tertiary/aromatic N) is 4. The summed E-state index contributed by atoms with van der Waals surface area (Å²) < 4.78 is 2.04. The number of halogens is 1. The van der Waals surface area contributed by atoms with Crippen LogP contribution < -0.4 is 11.1 Å². The first-order chi connectivity index (χ1) is 20.9. The van der Waals surface area contributed by atoms with Gasteiger partial charge in [-0.3, -0.25) is 14.4 Å². The Morgan fingerprint density at radius 1 is 1.05 bits per heavy atom. The number of hydrogen-bond acceptors (Lipinski definition) is 6. The van der Waals surface area contributed by atoms with Gasteiger partial charge in [-0.2, -0.15) is 0 Å². The average molecular weight is 612 g/mol. The van der Waals surface area contributed by atoms with Crippen molar-refractivity contribution in [3.05, 3.63) is 86.0 Å². The minimum atomic E-state index is -0.529. The van der Waals surface area contributed by atoms with E-state index in [-0.39, 0.29) is 18.9 Å². The number of nitrogens with two attached hydrogens (primary N) is 1. The predicted octanol–water partition coefficient (Wildman–Crippen LogP) is 5.56. The van der Waals surface area contributed by atoms with Crippen LogP contribution in [0.5, 0.6) is 0 Å². The smallest absolute Gasteiger partial charge is 0.223 e. The number of thiophene rings is 1. The molecule has 0 fully saturated rings. The highest BCUT2D eigenvalue weighted by molar-refractivity contribution is 7.15. The molecular formula is C33H34ClN7OS. The highest BCUT2D eigenvalue weighted by Crippen LogP contribution is 2.39. The predicted molar refractivity (Wildman–Crippen MR) is 173 cm³/mol. The molecule has 1 aromatic carbocycles. The van der Waals surface area contributed by atoms with Crippen molar-refractivity contribution in [2.75, 3.05) is 13.1 Å². The van der Waals surface area contributed by atoms with Gasteiger partial charge in [-0.15, -0.1) is 21.5 Å². The Labute approximate surface area is 261 Å². The quantitative estimate of drug-likeness (QED) is 0.179. The molecule has 3 aromatic heterocycles. The van der Waals surface area contributed by atoms with Crippen molar-refractivity contribution in [3.63, 3.8) is 0 Å². The molecule has 4 N–H and O–H groups in total. The summed E-state index contributed by atoms with van der Waals surface area (Å²) in [6, 6.07) is 10.9. The molecule has 4 heterocycles. The fourth-order valence-corrected chi connectivity index (χ4v) is 6.24. The van der Waals surface area contributed by atoms with Crippen molar-refractivity contribution in [2.45, 2.75) is 58.9 Å². The summed E-state index contributed by atoms with van der Waals surface area (Å²) in [7, 11) is 0. The molecule has 43 heavy (non-hydrogen) atoms. The van der Waals surface area contributed by atoms with Crippen LogP contribution in [0.25, 0.3) is 5.00 Å². The van der Waals surface area contributed by atoms with Gasteiger partial charge in [0.1, 0.15) is 16.9 Å². The van der Waals surface area contributed by atoms with E-state index in [0.29, 0.717) is 10.8 Å². The minimum absolute atomic E-state index is 0.109. The zero-order chi connectivity index (χ0) is 30.3. The van der Waals surface area contributed by atoms with Gasteiger partial charge in [-0.25, -0.2) is 0 Å². The maximum Gasteiger partial charge on any atom is 0.223 e. The summed E-state index contributed by atoms with van der Waals surface area (Å²) in [4.78, 5) is 22.7. The number of hydrogen-bond donors (Lipinski definition) is 3. The largest absolute Gasteiger partial charge is 0.345 e. The Balaban J connectivity index is 1.30. The molecule has 10 heteroatoms. The second-order valence-electron chi connectivity index (χ2n) is 10.4. The molecule has 1 atom stereocenters. The SMILES string of the molecule is Cc1sc2c(c1C)C(c1ccc(Cl)cc1)=N[C@@H](CC(=O)NCC#Cc1ccc(C#CCCCCCN)[nH]1)c1nnc(C)n1-2. The van der Waals surface area contributed by atoms with Gasteiger partial charge < -0.3 is 16.0 Å². The third kappa shape index (κ3) is 7.09. The summed E-state index contributed by atoms with van der Waals surface area (Å²) in [5, 5.41) is 13.4. The fraction of sp³-hybridized carbons (Fsp3) is 0.333. The van der Waals surface area contributed by atoms with Crippen molar-refractivity contribution < 1.29 is 4.79 Å². The number of amides is 1. The van der Waals surface area contributed by atoms with Gasteiger partial charge in [0.05, 0.1) is 30.1 Å². The maximum absolute atomic E-state index is 13.1. The van der Waals surface area contributed by atoms with Gasteiger partial charge in [0, 0.05) is 27.4 Å². The molecule has 1 aliphatic heterocycles. The number of carbonyl (C=O) groups excluding carboxylic acids is 1. The van der Waals surface area contributed by atoms with E-state index < -0.39 is 6.04 Å². The Morgan fingerprint density at radius 2 is 1.79 bits per heavy atom. The zero-order valence-electron chi connectivity index (χ0n) is 24.6. The summed E-state index contributed by atoms with van der Waals surface area (Å²) >= 11 is 7.88. The molecule has 0 spiro atoms. The third-order valence-corrected chi connectivity index (χ3v) is 8.69. The highest BCUT2D eigenvalue weighted by atomic mass is 35.5. The number of aliphatic imine (C=N–C) groups is 1. The number of unbranched alkanes of at least 4 members (excludes halogenated alkanes) is 3. The van der Waals surface area contributed by atoms with Crippen molar-refractivity contribution >= 4 is 34.6 Å². The molecule has 220 valence electrons. The lowest BCUT2D eigenvalue weighted by Crippen LogP contribution is -2.25. The summed E-state index contributed by atoms with van der Waals surface area (Å²) in [5.74, 6) is 13.6. The zero-order valence-corrected chi connectivity index (χ0v) is 26.1. The van der Waals surface area contributed by atoms with Crippen molar-refractivity contribution in [1.29, 1.82) is 0 Å². The van der Waals surface area contributed by atoms with E-state index in [1.165, 1.54) is 4.88 Å². The molecule has 1 amide bonds. The monoisotopic (exact) mass is 611 g/mol. The van der Waals surface area contributed by atoms with Gasteiger partial charge in [0.25, 0.3) is 0 Å². The minimum Gasteiger partial charge on any atom is -0.345 e. The lowest BCUT2D eigenvalue weighted by Gasteiger charge is -2.12. The number of aromatic nitrogens is 4. The van der Waals surface area contributed by atoms with Crippen LogP contribution in [0.3, 0.4) is 0 Å². The van der Waals surface area contributed by atoms with Crippen molar-refractivity contribution in [2.24, 2.45) is 10.7 Å². The molecule has 1 aliphatic rings. The van der Waals surface area contributed by atoms with Crippen LogP contribution in [0, 0.1) is 44.5 Å². The molecule has 4 aromatic rings. The second kappa shape index (κ2) is 13.9. The lowest BCUT2D eigenvalue weighted by atomic mass is 9.99. The number of nitrogens with one attached hydrogen (secondary N) is 2. The summed E-state index contributed by atoms with van der Waals surface area (Å²) in [5.41, 5.74) is 11.0. The molecule has 0 bridgehead atoms. The van der Waals surface area contributed by atoms with Crippen molar-refractivity contribution in [1.82, 2.24) is 25.1 Å². The number of rotatable bonds is 8. The topological polar surface area (TPSA) is 114 Å². The first-order valence-electron chi connectivity index (χ1n) is 14.4. The number of benzene rings is 1. The Kier molecular flexibility index (Phi) is 9.79. The van der Waals surface area contributed by atoms with Crippen LogP contribution in [0.4, 0.5) is 0 Å². The lowest BCUT2D eigenvalue weighted by molar-refractivity contribution is -0.121. The molecule has 0 saturated carbocycles. The van der Waals surface area contributed by atoms with Gasteiger partial charge in [0.2, 0.25) is 5.91 Å². The van der Waals surface area contributed by atoms with Crippen molar-refractivity contribution in [3.8, 4) is 28.7 Å². The number of aryl methyl sites for hydroxylation is 2. The summed E-state index contributed by atoms with van der Waals surface area (Å²) in [6.45, 7) is 7.06. The van der Waals surface area contributed by atoms with Gasteiger partial charge in [0.15, 0.2) is 5.82 Å². The van der Waals surface area contributed by atoms with Gasteiger partial charge in [-0.1, -0.05) is 42.0 Å². The second-order valence-corrected chi connectivity index (χ2v) is 12.0. The standard InChI is InChI=1S/C33H34ClN7OS/c1-21-22(2)43-33-30(21)31(24-12-14-25(34)15-13-24)38-28(32-40-39-23(3)41(32)33)20-29(42)36-19-9-11-27-17-16-26(37-27)10-7-5-4-6-8-18-35/h12-17,28,37H,4-6,8,18-20,35H2,1-3H3,(H,36,42)/t28-/m0/s1. The Bertz CT molecular complexity index is 1770. The molecule has 5 rings (SSSR count).